The Morgan fingerprint density at radius 2 is 1.89 bits per heavy atom. The third-order valence-electron chi connectivity index (χ3n) is 3.29. The van der Waals surface area contributed by atoms with Crippen LogP contribution >= 0.6 is 0 Å². The predicted octanol–water partition coefficient (Wildman–Crippen LogP) is -0.103. The van der Waals surface area contributed by atoms with Crippen LogP contribution in [0.3, 0.4) is 0 Å². The normalized spacial score (nSPS) is 19.1. The maximum Gasteiger partial charge on any atom is 0.327 e. The van der Waals surface area contributed by atoms with Crippen molar-refractivity contribution in [3.8, 4) is 0 Å². The van der Waals surface area contributed by atoms with Crippen LogP contribution in [0.15, 0.2) is 0 Å². The smallest absolute Gasteiger partial charge is 0.327 e. The second kappa shape index (κ2) is 8.12. The van der Waals surface area contributed by atoms with Crippen molar-refractivity contribution in [2.75, 3.05) is 32.7 Å². The Morgan fingerprint density at radius 3 is 2.42 bits per heavy atom. The Balaban J connectivity index is 2.19. The summed E-state index contributed by atoms with van der Waals surface area (Å²) in [6.07, 6.45) is 2.56. The summed E-state index contributed by atoms with van der Waals surface area (Å²) in [7, 11) is 0. The minimum atomic E-state index is -1.00. The van der Waals surface area contributed by atoms with Crippen molar-refractivity contribution in [1.29, 1.82) is 0 Å². The van der Waals surface area contributed by atoms with E-state index in [1.165, 1.54) is 32.9 Å². The van der Waals surface area contributed by atoms with E-state index in [2.05, 4.69) is 22.5 Å². The molecule has 6 heteroatoms. The van der Waals surface area contributed by atoms with E-state index in [9.17, 15) is 9.59 Å². The monoisotopic (exact) mass is 271 g/mol. The van der Waals surface area contributed by atoms with E-state index in [1.807, 2.05) is 0 Å². The summed E-state index contributed by atoms with van der Waals surface area (Å²) in [4.78, 5) is 24.2. The number of rotatable bonds is 8. The molecule has 1 aliphatic heterocycles. The fraction of sp³-hybridized carbons (Fsp3) is 0.846. The molecule has 0 aromatic heterocycles. The van der Waals surface area contributed by atoms with Gasteiger partial charge >= 0.3 is 5.97 Å². The second-order valence-electron chi connectivity index (χ2n) is 5.36. The molecule has 1 saturated heterocycles. The highest BCUT2D eigenvalue weighted by atomic mass is 16.4. The Labute approximate surface area is 114 Å². The largest absolute Gasteiger partial charge is 0.480 e. The van der Waals surface area contributed by atoms with Gasteiger partial charge in [-0.3, -0.25) is 4.79 Å². The summed E-state index contributed by atoms with van der Waals surface area (Å²) in [5.41, 5.74) is 0. The van der Waals surface area contributed by atoms with Gasteiger partial charge in [0, 0.05) is 20.0 Å². The van der Waals surface area contributed by atoms with Crippen LogP contribution in [0.2, 0.25) is 0 Å². The Kier molecular flexibility index (Phi) is 6.80. The number of carboxylic acid groups (broad SMARTS) is 1. The third-order valence-corrected chi connectivity index (χ3v) is 3.29. The maximum absolute atomic E-state index is 10.9. The lowest BCUT2D eigenvalue weighted by Crippen LogP contribution is -2.47. The van der Waals surface area contributed by atoms with Crippen LogP contribution in [0.4, 0.5) is 0 Å². The van der Waals surface area contributed by atoms with Crippen LogP contribution < -0.4 is 10.6 Å². The van der Waals surface area contributed by atoms with Gasteiger partial charge in [-0.1, -0.05) is 6.92 Å². The molecule has 1 fully saturated rings. The number of aliphatic carboxylic acids is 1. The molecule has 0 saturated carbocycles. The Bertz CT molecular complexity index is 304. The van der Waals surface area contributed by atoms with Crippen LogP contribution in [0.5, 0.6) is 0 Å². The lowest BCUT2D eigenvalue weighted by molar-refractivity contribution is -0.141. The summed E-state index contributed by atoms with van der Waals surface area (Å²) >= 11 is 0. The predicted molar refractivity (Wildman–Crippen MR) is 72.9 cm³/mol. The fourth-order valence-corrected chi connectivity index (χ4v) is 2.39. The molecule has 1 rings (SSSR count). The van der Waals surface area contributed by atoms with Gasteiger partial charge in [0.05, 0.1) is 0 Å². The third kappa shape index (κ3) is 6.54. The maximum atomic E-state index is 10.9. The topological polar surface area (TPSA) is 81.7 Å². The number of carbonyl (C=O) groups is 2. The van der Waals surface area contributed by atoms with Crippen molar-refractivity contribution < 1.29 is 14.7 Å². The molecule has 6 nitrogen and oxygen atoms in total. The standard InChI is InChI=1S/C13H25N3O3/c1-10(9-16-5-3-4-6-16)7-14-8-12(13(18)19)15-11(2)17/h10,12,14H,3-9H2,1-2H3,(H,15,17)(H,18,19). The first kappa shape index (κ1) is 15.9. The average Bonchev–Trinajstić information content (AvgIpc) is 2.79. The molecule has 19 heavy (non-hydrogen) atoms. The first-order valence-corrected chi connectivity index (χ1v) is 6.92. The number of carbonyl (C=O) groups excluding carboxylic acids is 1. The van der Waals surface area contributed by atoms with Crippen LogP contribution in [-0.2, 0) is 9.59 Å². The highest BCUT2D eigenvalue weighted by molar-refractivity contribution is 5.82. The van der Waals surface area contributed by atoms with Crippen LogP contribution in [0.1, 0.15) is 26.7 Å². The van der Waals surface area contributed by atoms with Gasteiger partial charge in [0.25, 0.3) is 0 Å². The van der Waals surface area contributed by atoms with Gasteiger partial charge in [0.1, 0.15) is 6.04 Å². The van der Waals surface area contributed by atoms with Crippen LogP contribution in [0.25, 0.3) is 0 Å². The van der Waals surface area contributed by atoms with Crippen molar-refractivity contribution in [3.05, 3.63) is 0 Å². The molecule has 3 N–H and O–H groups in total. The zero-order chi connectivity index (χ0) is 14.3. The average molecular weight is 271 g/mol. The molecule has 1 aliphatic rings. The number of carboxylic acids is 1. The SMILES string of the molecule is CC(=O)NC(CNCC(C)CN1CCCC1)C(=O)O. The number of hydrogen-bond donors (Lipinski definition) is 3. The lowest BCUT2D eigenvalue weighted by Gasteiger charge is -2.21. The van der Waals surface area contributed by atoms with Gasteiger partial charge in [0.2, 0.25) is 5.91 Å². The lowest BCUT2D eigenvalue weighted by atomic mass is 10.1. The van der Waals surface area contributed by atoms with Gasteiger partial charge in [0.15, 0.2) is 0 Å². The van der Waals surface area contributed by atoms with E-state index < -0.39 is 12.0 Å². The van der Waals surface area contributed by atoms with E-state index >= 15 is 0 Å². The van der Waals surface area contributed by atoms with Crippen LogP contribution in [-0.4, -0.2) is 60.6 Å². The van der Waals surface area contributed by atoms with Crippen molar-refractivity contribution >= 4 is 11.9 Å². The Morgan fingerprint density at radius 1 is 1.26 bits per heavy atom. The first-order chi connectivity index (χ1) is 8.99. The molecule has 0 bridgehead atoms. The minimum absolute atomic E-state index is 0.263. The van der Waals surface area contributed by atoms with Crippen molar-refractivity contribution in [2.45, 2.75) is 32.7 Å². The zero-order valence-corrected chi connectivity index (χ0v) is 11.8. The van der Waals surface area contributed by atoms with E-state index in [4.69, 9.17) is 5.11 Å². The number of hydrogen-bond acceptors (Lipinski definition) is 4. The molecular weight excluding hydrogens is 246 g/mol. The molecule has 1 amide bonds. The molecular formula is C13H25N3O3. The number of nitrogens with one attached hydrogen (secondary N) is 2. The summed E-state index contributed by atoms with van der Waals surface area (Å²) < 4.78 is 0. The highest BCUT2D eigenvalue weighted by Gasteiger charge is 2.19. The van der Waals surface area contributed by atoms with E-state index in [1.54, 1.807) is 0 Å². The van der Waals surface area contributed by atoms with Gasteiger partial charge in [-0.2, -0.15) is 0 Å². The Hall–Kier alpha value is -1.14. The van der Waals surface area contributed by atoms with Crippen LogP contribution in [0, 0.1) is 5.92 Å². The highest BCUT2D eigenvalue weighted by Crippen LogP contribution is 2.09. The number of nitrogens with zero attached hydrogens (tertiary/aromatic N) is 1. The minimum Gasteiger partial charge on any atom is -0.480 e. The molecule has 110 valence electrons. The second-order valence-corrected chi connectivity index (χ2v) is 5.36. The fourth-order valence-electron chi connectivity index (χ4n) is 2.39. The van der Waals surface area contributed by atoms with Gasteiger partial charge in [-0.05, 0) is 38.4 Å². The molecule has 0 aliphatic carbocycles. The molecule has 0 radical (unpaired) electrons. The molecule has 0 aromatic carbocycles. The van der Waals surface area contributed by atoms with Gasteiger partial charge in [-0.15, -0.1) is 0 Å². The first-order valence-electron chi connectivity index (χ1n) is 6.92. The quantitative estimate of drug-likeness (QED) is 0.574. The molecule has 0 spiro atoms. The van der Waals surface area contributed by atoms with Gasteiger partial charge < -0.3 is 20.6 Å². The zero-order valence-electron chi connectivity index (χ0n) is 11.8. The van der Waals surface area contributed by atoms with Crippen molar-refractivity contribution in [1.82, 2.24) is 15.5 Å². The van der Waals surface area contributed by atoms with Gasteiger partial charge in [-0.25, -0.2) is 4.79 Å². The number of amides is 1. The van der Waals surface area contributed by atoms with E-state index in [0.717, 1.165) is 13.1 Å². The molecule has 1 heterocycles. The molecule has 2 atom stereocenters. The van der Waals surface area contributed by atoms with E-state index in [0.29, 0.717) is 5.92 Å². The summed E-state index contributed by atoms with van der Waals surface area (Å²) in [6, 6.07) is -0.850. The summed E-state index contributed by atoms with van der Waals surface area (Å²) in [6.45, 7) is 7.90. The number of likely N-dealkylation sites (tertiary alicyclic amines) is 1. The molecule has 0 aromatic rings. The van der Waals surface area contributed by atoms with Crippen molar-refractivity contribution in [3.63, 3.8) is 0 Å². The summed E-state index contributed by atoms with van der Waals surface area (Å²) in [5, 5.41) is 14.5. The van der Waals surface area contributed by atoms with E-state index in [-0.39, 0.29) is 12.5 Å². The summed E-state index contributed by atoms with van der Waals surface area (Å²) in [5.74, 6) is -0.848. The molecule has 2 unspecified atom stereocenters. The van der Waals surface area contributed by atoms with Crippen molar-refractivity contribution in [2.24, 2.45) is 5.92 Å².